The van der Waals surface area contributed by atoms with E-state index >= 15 is 0 Å². The Morgan fingerprint density at radius 3 is 2.69 bits per heavy atom. The number of aliphatic hydroxyl groups is 3. The van der Waals surface area contributed by atoms with Crippen LogP contribution in [0.2, 0.25) is 5.02 Å². The topological polar surface area (TPSA) is 82.8 Å². The van der Waals surface area contributed by atoms with E-state index in [2.05, 4.69) is 4.98 Å². The molecule has 1 aliphatic rings. The van der Waals surface area contributed by atoms with Crippen LogP contribution in [0.4, 0.5) is 0 Å². The molecule has 3 N–H and O–H groups in total. The number of hydrogen-bond acceptors (Lipinski definition) is 5. The molecule has 1 aromatic rings. The van der Waals surface area contributed by atoms with Gasteiger partial charge in [-0.1, -0.05) is 11.6 Å². The van der Waals surface area contributed by atoms with E-state index in [0.717, 1.165) is 0 Å². The van der Waals surface area contributed by atoms with Gasteiger partial charge < -0.3 is 20.1 Å². The highest BCUT2D eigenvalue weighted by atomic mass is 35.5. The zero-order chi connectivity index (χ0) is 11.7. The van der Waals surface area contributed by atoms with Gasteiger partial charge in [0.25, 0.3) is 0 Å². The van der Waals surface area contributed by atoms with Gasteiger partial charge in [0, 0.05) is 23.0 Å². The van der Waals surface area contributed by atoms with Crippen LogP contribution in [0.25, 0.3) is 0 Å². The summed E-state index contributed by atoms with van der Waals surface area (Å²) in [5.74, 6) is 0. The second-order valence-electron chi connectivity index (χ2n) is 3.66. The minimum atomic E-state index is -1.12. The van der Waals surface area contributed by atoms with Crippen LogP contribution in [0.15, 0.2) is 18.5 Å². The molecule has 4 atom stereocenters. The molecule has 0 spiro atoms. The molecule has 0 amide bonds. The van der Waals surface area contributed by atoms with Crippen molar-refractivity contribution in [2.24, 2.45) is 0 Å². The van der Waals surface area contributed by atoms with E-state index in [1.165, 1.54) is 12.4 Å². The zero-order valence-corrected chi connectivity index (χ0v) is 9.08. The number of aromatic nitrogens is 1. The highest BCUT2D eigenvalue weighted by Gasteiger charge is 2.43. The van der Waals surface area contributed by atoms with Crippen molar-refractivity contribution in [1.82, 2.24) is 4.98 Å². The minimum Gasteiger partial charge on any atom is -0.394 e. The molecule has 88 valence electrons. The first-order valence-electron chi connectivity index (χ1n) is 4.87. The SMILES string of the molecule is OC[C@H]1O[C@@H](c2cnccc2Cl)[C@H](O)[C@@H]1O. The maximum absolute atomic E-state index is 9.76. The maximum atomic E-state index is 9.76. The number of ether oxygens (including phenoxy) is 1. The maximum Gasteiger partial charge on any atom is 0.115 e. The van der Waals surface area contributed by atoms with Crippen LogP contribution in [0.5, 0.6) is 0 Å². The van der Waals surface area contributed by atoms with E-state index in [4.69, 9.17) is 21.4 Å². The molecule has 2 rings (SSSR count). The lowest BCUT2D eigenvalue weighted by molar-refractivity contribution is -0.0228. The molecule has 0 aromatic carbocycles. The minimum absolute atomic E-state index is 0.355. The summed E-state index contributed by atoms with van der Waals surface area (Å²) in [5.41, 5.74) is 0.506. The van der Waals surface area contributed by atoms with Crippen LogP contribution in [0, 0.1) is 0 Å². The quantitative estimate of drug-likeness (QED) is 0.677. The van der Waals surface area contributed by atoms with Gasteiger partial charge in [0.2, 0.25) is 0 Å². The number of nitrogens with zero attached hydrogens (tertiary/aromatic N) is 1. The molecule has 0 unspecified atom stereocenters. The molecule has 6 heteroatoms. The Kier molecular flexibility index (Phi) is 3.41. The van der Waals surface area contributed by atoms with Gasteiger partial charge in [0.1, 0.15) is 24.4 Å². The van der Waals surface area contributed by atoms with E-state index in [0.29, 0.717) is 10.6 Å². The van der Waals surface area contributed by atoms with Crippen molar-refractivity contribution in [3.63, 3.8) is 0 Å². The largest absolute Gasteiger partial charge is 0.394 e. The molecular weight excluding hydrogens is 234 g/mol. The molecule has 16 heavy (non-hydrogen) atoms. The molecule has 0 aliphatic carbocycles. The molecule has 0 bridgehead atoms. The second kappa shape index (κ2) is 4.65. The van der Waals surface area contributed by atoms with Gasteiger partial charge in [-0.05, 0) is 6.07 Å². The van der Waals surface area contributed by atoms with E-state index in [9.17, 15) is 10.2 Å². The average Bonchev–Trinajstić information content (AvgIpc) is 2.57. The molecular formula is C10H12ClNO4. The molecule has 1 aromatic heterocycles. The van der Waals surface area contributed by atoms with Crippen molar-refractivity contribution in [3.05, 3.63) is 29.0 Å². The van der Waals surface area contributed by atoms with Crippen LogP contribution in [-0.2, 0) is 4.74 Å². The van der Waals surface area contributed by atoms with Crippen LogP contribution in [0.3, 0.4) is 0 Å². The van der Waals surface area contributed by atoms with Crippen molar-refractivity contribution in [2.45, 2.75) is 24.4 Å². The van der Waals surface area contributed by atoms with Crippen molar-refractivity contribution in [2.75, 3.05) is 6.61 Å². The Hall–Kier alpha value is -0.720. The lowest BCUT2D eigenvalue weighted by Gasteiger charge is -2.15. The Bertz CT molecular complexity index is 376. The first-order valence-corrected chi connectivity index (χ1v) is 5.24. The molecule has 0 radical (unpaired) electrons. The molecule has 1 saturated heterocycles. The van der Waals surface area contributed by atoms with Gasteiger partial charge in [0.05, 0.1) is 6.61 Å². The van der Waals surface area contributed by atoms with Gasteiger partial charge in [-0.3, -0.25) is 4.98 Å². The van der Waals surface area contributed by atoms with Crippen LogP contribution < -0.4 is 0 Å². The Morgan fingerprint density at radius 1 is 1.38 bits per heavy atom. The summed E-state index contributed by atoms with van der Waals surface area (Å²) in [4.78, 5) is 3.88. The highest BCUT2D eigenvalue weighted by Crippen LogP contribution is 2.36. The first-order chi connectivity index (χ1) is 7.65. The Balaban J connectivity index is 2.26. The van der Waals surface area contributed by atoms with Crippen molar-refractivity contribution >= 4 is 11.6 Å². The van der Waals surface area contributed by atoms with Crippen molar-refractivity contribution < 1.29 is 20.1 Å². The zero-order valence-electron chi connectivity index (χ0n) is 8.32. The second-order valence-corrected chi connectivity index (χ2v) is 4.06. The third-order valence-electron chi connectivity index (χ3n) is 2.65. The predicted molar refractivity (Wildman–Crippen MR) is 56.0 cm³/mol. The Labute approximate surface area is 97.3 Å². The monoisotopic (exact) mass is 245 g/mol. The molecule has 5 nitrogen and oxygen atoms in total. The predicted octanol–water partition coefficient (Wildman–Crippen LogP) is -0.111. The highest BCUT2D eigenvalue weighted by molar-refractivity contribution is 6.31. The lowest BCUT2D eigenvalue weighted by Crippen LogP contribution is -2.32. The summed E-state index contributed by atoms with van der Waals surface area (Å²) in [6, 6.07) is 1.58. The van der Waals surface area contributed by atoms with Crippen LogP contribution >= 0.6 is 11.6 Å². The van der Waals surface area contributed by atoms with Crippen molar-refractivity contribution in [3.8, 4) is 0 Å². The van der Waals surface area contributed by atoms with E-state index < -0.39 is 24.4 Å². The summed E-state index contributed by atoms with van der Waals surface area (Å²) in [6.45, 7) is -0.355. The lowest BCUT2D eigenvalue weighted by atomic mass is 10.0. The fourth-order valence-corrected chi connectivity index (χ4v) is 1.97. The van der Waals surface area contributed by atoms with E-state index in [1.807, 2.05) is 0 Å². The number of aliphatic hydroxyl groups excluding tert-OH is 3. The van der Waals surface area contributed by atoms with Gasteiger partial charge in [-0.25, -0.2) is 0 Å². The number of pyridine rings is 1. The summed E-state index contributed by atoms with van der Waals surface area (Å²) in [7, 11) is 0. The smallest absolute Gasteiger partial charge is 0.115 e. The molecule has 1 fully saturated rings. The van der Waals surface area contributed by atoms with Gasteiger partial charge in [0.15, 0.2) is 0 Å². The first kappa shape index (κ1) is 11.8. The normalized spacial score (nSPS) is 34.2. The van der Waals surface area contributed by atoms with Gasteiger partial charge >= 0.3 is 0 Å². The van der Waals surface area contributed by atoms with Crippen molar-refractivity contribution in [1.29, 1.82) is 0 Å². The van der Waals surface area contributed by atoms with E-state index in [1.54, 1.807) is 6.07 Å². The third kappa shape index (κ3) is 1.92. The standard InChI is InChI=1S/C10H12ClNO4/c11-6-1-2-12-3-5(6)10-9(15)8(14)7(4-13)16-10/h1-3,7-10,13-15H,4H2/t7-,8-,9-,10+/m1/s1. The molecule has 1 aliphatic heterocycles. The number of hydrogen-bond donors (Lipinski definition) is 3. The van der Waals surface area contributed by atoms with Crippen LogP contribution in [0.1, 0.15) is 11.7 Å². The molecule has 2 heterocycles. The fourth-order valence-electron chi connectivity index (χ4n) is 1.76. The fraction of sp³-hybridized carbons (Fsp3) is 0.500. The summed E-state index contributed by atoms with van der Waals surface area (Å²) < 4.78 is 5.33. The van der Waals surface area contributed by atoms with E-state index in [-0.39, 0.29) is 6.61 Å². The number of halogens is 1. The van der Waals surface area contributed by atoms with Gasteiger partial charge in [-0.15, -0.1) is 0 Å². The third-order valence-corrected chi connectivity index (χ3v) is 2.99. The summed E-state index contributed by atoms with van der Waals surface area (Å²) in [5, 5.41) is 28.7. The summed E-state index contributed by atoms with van der Waals surface area (Å²) >= 11 is 5.93. The Morgan fingerprint density at radius 2 is 2.12 bits per heavy atom. The van der Waals surface area contributed by atoms with Crippen LogP contribution in [-0.4, -0.2) is 45.2 Å². The summed E-state index contributed by atoms with van der Waals surface area (Å²) in [6.07, 6.45) is -0.787. The molecule has 0 saturated carbocycles. The number of rotatable bonds is 2. The van der Waals surface area contributed by atoms with Gasteiger partial charge in [-0.2, -0.15) is 0 Å². The average molecular weight is 246 g/mol.